The van der Waals surface area contributed by atoms with Gasteiger partial charge in [0.25, 0.3) is 0 Å². The average molecular weight is 199 g/mol. The molecule has 0 aliphatic rings. The fourth-order valence-electron chi connectivity index (χ4n) is 0.929. The van der Waals surface area contributed by atoms with E-state index in [-0.39, 0.29) is 19.8 Å². The predicted molar refractivity (Wildman–Crippen MR) is 44.6 cm³/mol. The Morgan fingerprint density at radius 2 is 1.77 bits per heavy atom. The van der Waals surface area contributed by atoms with Crippen molar-refractivity contribution in [1.82, 2.24) is 5.32 Å². The molecule has 0 saturated heterocycles. The molecule has 80 valence electrons. The van der Waals surface area contributed by atoms with Crippen LogP contribution in [-0.2, 0) is 4.74 Å². The summed E-state index contributed by atoms with van der Waals surface area (Å²) in [5.41, 5.74) is -1.93. The van der Waals surface area contributed by atoms with Gasteiger partial charge in [0.15, 0.2) is 0 Å². The first-order valence-corrected chi connectivity index (χ1v) is 4.27. The van der Waals surface area contributed by atoms with Crippen LogP contribution in [0, 0.1) is 0 Å². The molecule has 0 aliphatic carbocycles. The Kier molecular flexibility index (Phi) is 4.70. The number of hydrogen-bond acceptors (Lipinski definition) is 2. The van der Waals surface area contributed by atoms with E-state index < -0.39 is 11.7 Å². The second-order valence-electron chi connectivity index (χ2n) is 3.00. The number of likely N-dealkylation sites (N-methyl/N-ethyl adjacent to an activating group) is 1. The largest absolute Gasteiger partial charge is 0.408 e. The van der Waals surface area contributed by atoms with Crippen LogP contribution in [0.1, 0.15) is 20.8 Å². The molecule has 0 saturated carbocycles. The average Bonchev–Trinajstić information content (AvgIpc) is 1.99. The number of nitrogens with one attached hydrogen (secondary N) is 1. The molecule has 1 unspecified atom stereocenters. The van der Waals surface area contributed by atoms with Gasteiger partial charge in [0.1, 0.15) is 5.54 Å². The van der Waals surface area contributed by atoms with Crippen molar-refractivity contribution in [3.05, 3.63) is 0 Å². The zero-order chi connectivity index (χ0) is 10.5. The zero-order valence-electron chi connectivity index (χ0n) is 8.16. The van der Waals surface area contributed by atoms with E-state index in [2.05, 4.69) is 5.32 Å². The number of hydrogen-bond donors (Lipinski definition) is 1. The van der Waals surface area contributed by atoms with Crippen LogP contribution < -0.4 is 5.32 Å². The third kappa shape index (κ3) is 3.52. The van der Waals surface area contributed by atoms with Crippen LogP contribution in [0.4, 0.5) is 13.2 Å². The highest BCUT2D eigenvalue weighted by molar-refractivity contribution is 4.90. The molecule has 0 spiro atoms. The third-order valence-electron chi connectivity index (χ3n) is 1.79. The van der Waals surface area contributed by atoms with Gasteiger partial charge in [-0.1, -0.05) is 6.92 Å². The molecule has 0 radical (unpaired) electrons. The van der Waals surface area contributed by atoms with Gasteiger partial charge >= 0.3 is 6.18 Å². The fourth-order valence-corrected chi connectivity index (χ4v) is 0.929. The first-order valence-electron chi connectivity index (χ1n) is 4.27. The van der Waals surface area contributed by atoms with Crippen LogP contribution in [0.2, 0.25) is 0 Å². The Balaban J connectivity index is 4.34. The maximum Gasteiger partial charge on any atom is 0.408 e. The fraction of sp³-hybridized carbons (Fsp3) is 1.00. The van der Waals surface area contributed by atoms with Gasteiger partial charge < -0.3 is 10.1 Å². The molecule has 0 bridgehead atoms. The molecule has 0 heterocycles. The summed E-state index contributed by atoms with van der Waals surface area (Å²) in [4.78, 5) is 0. The van der Waals surface area contributed by atoms with Crippen LogP contribution in [0.25, 0.3) is 0 Å². The summed E-state index contributed by atoms with van der Waals surface area (Å²) in [6.07, 6.45) is -4.28. The van der Waals surface area contributed by atoms with E-state index in [1.54, 1.807) is 13.8 Å². The standard InChI is InChI=1S/C8H16F3NO/c1-4-12-7(3,6-13-5-2)8(9,10)11/h12H,4-6H2,1-3H3. The van der Waals surface area contributed by atoms with Gasteiger partial charge in [-0.25, -0.2) is 0 Å². The van der Waals surface area contributed by atoms with Crippen LogP contribution in [-0.4, -0.2) is 31.5 Å². The summed E-state index contributed by atoms with van der Waals surface area (Å²) in [6, 6.07) is 0. The Bertz CT molecular complexity index is 149. The molecule has 0 fully saturated rings. The second-order valence-corrected chi connectivity index (χ2v) is 3.00. The lowest BCUT2D eigenvalue weighted by Crippen LogP contribution is -2.57. The van der Waals surface area contributed by atoms with Gasteiger partial charge in [0, 0.05) is 6.61 Å². The molecule has 2 nitrogen and oxygen atoms in total. The Hall–Kier alpha value is -0.290. The van der Waals surface area contributed by atoms with Crippen molar-refractivity contribution in [1.29, 1.82) is 0 Å². The van der Waals surface area contributed by atoms with E-state index in [0.717, 1.165) is 6.92 Å². The van der Waals surface area contributed by atoms with Gasteiger partial charge in [0.2, 0.25) is 0 Å². The molecule has 0 aromatic carbocycles. The van der Waals surface area contributed by atoms with Crippen molar-refractivity contribution in [2.75, 3.05) is 19.8 Å². The van der Waals surface area contributed by atoms with Crippen molar-refractivity contribution in [2.45, 2.75) is 32.5 Å². The van der Waals surface area contributed by atoms with E-state index in [0.29, 0.717) is 0 Å². The number of halogens is 3. The van der Waals surface area contributed by atoms with Gasteiger partial charge in [-0.15, -0.1) is 0 Å². The summed E-state index contributed by atoms with van der Waals surface area (Å²) in [5.74, 6) is 0. The third-order valence-corrected chi connectivity index (χ3v) is 1.79. The highest BCUT2D eigenvalue weighted by Crippen LogP contribution is 2.30. The van der Waals surface area contributed by atoms with Crippen LogP contribution in [0.5, 0.6) is 0 Å². The van der Waals surface area contributed by atoms with E-state index >= 15 is 0 Å². The van der Waals surface area contributed by atoms with E-state index in [4.69, 9.17) is 4.74 Å². The first-order chi connectivity index (χ1) is 5.87. The first kappa shape index (κ1) is 12.7. The summed E-state index contributed by atoms with van der Waals surface area (Å²) in [6.45, 7) is 4.62. The van der Waals surface area contributed by atoms with E-state index in [1.807, 2.05) is 0 Å². The molecule has 0 rings (SSSR count). The second kappa shape index (κ2) is 4.81. The van der Waals surface area contributed by atoms with Gasteiger partial charge in [-0.3, -0.25) is 0 Å². The highest BCUT2D eigenvalue weighted by Gasteiger charge is 2.50. The summed E-state index contributed by atoms with van der Waals surface area (Å²) < 4.78 is 42.2. The van der Waals surface area contributed by atoms with Crippen LogP contribution in [0.3, 0.4) is 0 Å². The predicted octanol–water partition coefficient (Wildman–Crippen LogP) is 1.95. The van der Waals surface area contributed by atoms with Crippen molar-refractivity contribution >= 4 is 0 Å². The molecular formula is C8H16F3NO. The Morgan fingerprint density at radius 3 is 2.08 bits per heavy atom. The maximum absolute atomic E-state index is 12.5. The van der Waals surface area contributed by atoms with Crippen molar-refractivity contribution in [2.24, 2.45) is 0 Å². The van der Waals surface area contributed by atoms with Gasteiger partial charge in [-0.05, 0) is 20.4 Å². The highest BCUT2D eigenvalue weighted by atomic mass is 19.4. The molecule has 5 heteroatoms. The Morgan fingerprint density at radius 1 is 1.23 bits per heavy atom. The minimum Gasteiger partial charge on any atom is -0.379 e. The number of ether oxygens (including phenoxy) is 1. The summed E-state index contributed by atoms with van der Waals surface area (Å²) in [7, 11) is 0. The van der Waals surface area contributed by atoms with Gasteiger partial charge in [-0.2, -0.15) is 13.2 Å². The lowest BCUT2D eigenvalue weighted by molar-refractivity contribution is -0.205. The zero-order valence-corrected chi connectivity index (χ0v) is 8.16. The SMILES string of the molecule is CCNC(C)(COCC)C(F)(F)F. The number of alkyl halides is 3. The molecule has 13 heavy (non-hydrogen) atoms. The maximum atomic E-state index is 12.5. The topological polar surface area (TPSA) is 21.3 Å². The van der Waals surface area contributed by atoms with E-state index in [9.17, 15) is 13.2 Å². The van der Waals surface area contributed by atoms with Crippen LogP contribution in [0.15, 0.2) is 0 Å². The van der Waals surface area contributed by atoms with Gasteiger partial charge in [0.05, 0.1) is 6.61 Å². The summed E-state index contributed by atoms with van der Waals surface area (Å²) in [5, 5.41) is 2.38. The summed E-state index contributed by atoms with van der Waals surface area (Å²) >= 11 is 0. The van der Waals surface area contributed by atoms with Crippen LogP contribution >= 0.6 is 0 Å². The quantitative estimate of drug-likeness (QED) is 0.730. The lowest BCUT2D eigenvalue weighted by Gasteiger charge is -2.32. The minimum atomic E-state index is -4.28. The van der Waals surface area contributed by atoms with Crippen molar-refractivity contribution in [3.8, 4) is 0 Å². The molecule has 1 N–H and O–H groups in total. The molecule has 0 amide bonds. The monoisotopic (exact) mass is 199 g/mol. The Labute approximate surface area is 76.5 Å². The molecule has 0 aliphatic heterocycles. The van der Waals surface area contributed by atoms with Crippen molar-refractivity contribution < 1.29 is 17.9 Å². The smallest absolute Gasteiger partial charge is 0.379 e. The minimum absolute atomic E-state index is 0.267. The molecule has 1 atom stereocenters. The molecular weight excluding hydrogens is 183 g/mol. The molecule has 0 aromatic rings. The normalized spacial score (nSPS) is 17.1. The molecule has 0 aromatic heterocycles. The van der Waals surface area contributed by atoms with E-state index in [1.165, 1.54) is 0 Å². The lowest BCUT2D eigenvalue weighted by atomic mass is 10.0. The van der Waals surface area contributed by atoms with Crippen molar-refractivity contribution in [3.63, 3.8) is 0 Å². The number of rotatable bonds is 5.